The minimum Gasteiger partial charge on any atom is -0.343 e. The number of thioether (sulfide) groups is 1. The lowest BCUT2D eigenvalue weighted by atomic mass is 9.80. The molecule has 1 aliphatic carbocycles. The van der Waals surface area contributed by atoms with Gasteiger partial charge in [0.15, 0.2) is 4.77 Å². The Morgan fingerprint density at radius 3 is 2.50 bits per heavy atom. The number of pyridine rings is 2. The van der Waals surface area contributed by atoms with Crippen molar-refractivity contribution >= 4 is 46.7 Å². The van der Waals surface area contributed by atoms with Crippen LogP contribution >= 0.6 is 24.0 Å². The van der Waals surface area contributed by atoms with Crippen molar-refractivity contribution in [3.05, 3.63) is 92.0 Å². The molecule has 0 saturated heterocycles. The summed E-state index contributed by atoms with van der Waals surface area (Å²) in [5.41, 5.74) is 8.41. The van der Waals surface area contributed by atoms with Gasteiger partial charge in [-0.15, -0.1) is 0 Å². The Bertz CT molecular complexity index is 1510. The number of fused-ring (bicyclic) bond motifs is 4. The monoisotopic (exact) mass is 457 g/mol. The minimum absolute atomic E-state index is 0.164. The van der Waals surface area contributed by atoms with Gasteiger partial charge in [0.2, 0.25) is 0 Å². The van der Waals surface area contributed by atoms with E-state index in [4.69, 9.17) is 12.2 Å². The molecule has 0 radical (unpaired) electrons. The summed E-state index contributed by atoms with van der Waals surface area (Å²) in [6.07, 6.45) is 12.6. The molecule has 8 heteroatoms. The highest BCUT2D eigenvalue weighted by molar-refractivity contribution is 7.99. The van der Waals surface area contributed by atoms with Crippen LogP contribution in [0.4, 0.5) is 0 Å². The van der Waals surface area contributed by atoms with Crippen LogP contribution in [0.25, 0.3) is 22.7 Å². The standard InChI is InChI=1S/C24H19N5OS2/c30-22-20-19(28-24(31)29-22)18-17-15(12-13-4-8-25-9-5-13)2-1-3-16(17)21(32-23(18)27-20)14-6-10-26-11-7-14/h4-12,21,27H,1-3H2,(H2,28,29,30,31)/b15-12+. The Kier molecular flexibility index (Phi) is 4.69. The van der Waals surface area contributed by atoms with Crippen LogP contribution in [0.3, 0.4) is 0 Å². The lowest BCUT2D eigenvalue weighted by Crippen LogP contribution is -2.13. The summed E-state index contributed by atoms with van der Waals surface area (Å²) in [5, 5.41) is 1.15. The van der Waals surface area contributed by atoms with E-state index in [-0.39, 0.29) is 10.8 Å². The van der Waals surface area contributed by atoms with Crippen LogP contribution in [0.1, 0.15) is 41.2 Å². The summed E-state index contributed by atoms with van der Waals surface area (Å²) in [4.78, 5) is 30.4. The van der Waals surface area contributed by atoms with Crippen molar-refractivity contribution < 1.29 is 0 Å². The molecule has 32 heavy (non-hydrogen) atoms. The molecule has 0 fully saturated rings. The molecule has 0 spiro atoms. The first-order chi connectivity index (χ1) is 15.7. The molecule has 158 valence electrons. The molecule has 6 rings (SSSR count). The maximum atomic E-state index is 12.7. The molecule has 4 aromatic heterocycles. The minimum atomic E-state index is -0.197. The normalized spacial score (nSPS) is 19.2. The highest BCUT2D eigenvalue weighted by atomic mass is 32.2. The number of H-pyrrole nitrogens is 3. The molecule has 0 bridgehead atoms. The number of hydrogen-bond donors (Lipinski definition) is 3. The van der Waals surface area contributed by atoms with Gasteiger partial charge in [-0.25, -0.2) is 0 Å². The third kappa shape index (κ3) is 3.18. The van der Waals surface area contributed by atoms with Crippen LogP contribution < -0.4 is 5.56 Å². The average molecular weight is 458 g/mol. The SMILES string of the molecule is O=c1[nH]c(=S)[nH]c2c3c([nH]c12)SC(c1ccncc1)C1=C3/C(=C/c2ccncc2)CCC1. The molecule has 1 aliphatic heterocycles. The van der Waals surface area contributed by atoms with Crippen LogP contribution in [-0.4, -0.2) is 24.9 Å². The van der Waals surface area contributed by atoms with E-state index in [0.29, 0.717) is 10.3 Å². The van der Waals surface area contributed by atoms with Gasteiger partial charge in [-0.05, 0) is 83.6 Å². The van der Waals surface area contributed by atoms with E-state index in [2.05, 4.69) is 43.1 Å². The Morgan fingerprint density at radius 2 is 1.72 bits per heavy atom. The zero-order valence-electron chi connectivity index (χ0n) is 17.0. The Balaban J connectivity index is 1.66. The number of allylic oxidation sites excluding steroid dienone is 2. The van der Waals surface area contributed by atoms with Crippen molar-refractivity contribution in [3.8, 4) is 0 Å². The second-order valence-electron chi connectivity index (χ2n) is 7.97. The lowest BCUT2D eigenvalue weighted by molar-refractivity contribution is 0.765. The summed E-state index contributed by atoms with van der Waals surface area (Å²) < 4.78 is 0.336. The van der Waals surface area contributed by atoms with Gasteiger partial charge in [0.1, 0.15) is 5.52 Å². The first-order valence-corrected chi connectivity index (χ1v) is 11.8. The van der Waals surface area contributed by atoms with Crippen molar-refractivity contribution in [1.29, 1.82) is 0 Å². The summed E-state index contributed by atoms with van der Waals surface area (Å²) in [5.74, 6) is 0. The maximum Gasteiger partial charge on any atom is 0.276 e. The van der Waals surface area contributed by atoms with Gasteiger partial charge in [-0.1, -0.05) is 17.8 Å². The van der Waals surface area contributed by atoms with Crippen molar-refractivity contribution in [2.45, 2.75) is 29.5 Å². The molecule has 2 aliphatic rings. The van der Waals surface area contributed by atoms with E-state index in [1.807, 2.05) is 36.9 Å². The highest BCUT2D eigenvalue weighted by Crippen LogP contribution is 2.56. The number of aromatic amines is 3. The molecular weight excluding hydrogens is 438 g/mol. The van der Waals surface area contributed by atoms with E-state index in [1.54, 1.807) is 11.8 Å². The number of rotatable bonds is 2. The number of aromatic nitrogens is 5. The topological polar surface area (TPSA) is 90.2 Å². The van der Waals surface area contributed by atoms with Crippen LogP contribution in [0.15, 0.2) is 70.0 Å². The predicted molar refractivity (Wildman–Crippen MR) is 130 cm³/mol. The first-order valence-electron chi connectivity index (χ1n) is 10.5. The molecule has 0 aromatic carbocycles. The molecule has 1 atom stereocenters. The van der Waals surface area contributed by atoms with Gasteiger partial charge < -0.3 is 9.97 Å². The van der Waals surface area contributed by atoms with Gasteiger partial charge in [0, 0.05) is 30.4 Å². The molecule has 5 heterocycles. The Labute approximate surface area is 192 Å². The second-order valence-corrected chi connectivity index (χ2v) is 9.49. The number of nitrogens with one attached hydrogen (secondary N) is 3. The van der Waals surface area contributed by atoms with Gasteiger partial charge in [0.25, 0.3) is 5.56 Å². The summed E-state index contributed by atoms with van der Waals surface area (Å²) in [6.45, 7) is 0. The Morgan fingerprint density at radius 1 is 0.969 bits per heavy atom. The van der Waals surface area contributed by atoms with Crippen molar-refractivity contribution in [3.63, 3.8) is 0 Å². The number of nitrogens with zero attached hydrogens (tertiary/aromatic N) is 2. The fraction of sp³-hybridized carbons (Fsp3) is 0.167. The fourth-order valence-electron chi connectivity index (χ4n) is 4.72. The van der Waals surface area contributed by atoms with Gasteiger partial charge >= 0.3 is 0 Å². The zero-order chi connectivity index (χ0) is 21.7. The average Bonchev–Trinajstić information content (AvgIpc) is 3.19. The largest absolute Gasteiger partial charge is 0.343 e. The molecule has 1 unspecified atom stereocenters. The van der Waals surface area contributed by atoms with Gasteiger partial charge in [0.05, 0.1) is 15.8 Å². The van der Waals surface area contributed by atoms with E-state index in [0.717, 1.165) is 40.9 Å². The van der Waals surface area contributed by atoms with Gasteiger partial charge in [-0.2, -0.15) is 0 Å². The summed E-state index contributed by atoms with van der Waals surface area (Å²) >= 11 is 7.06. The number of hydrogen-bond acceptors (Lipinski definition) is 5. The third-order valence-electron chi connectivity index (χ3n) is 6.05. The van der Waals surface area contributed by atoms with Crippen molar-refractivity contribution in [2.24, 2.45) is 0 Å². The highest BCUT2D eigenvalue weighted by Gasteiger charge is 2.35. The molecule has 4 aromatic rings. The fourth-order valence-corrected chi connectivity index (χ4v) is 6.30. The molecule has 0 saturated carbocycles. The van der Waals surface area contributed by atoms with Crippen molar-refractivity contribution in [1.82, 2.24) is 24.9 Å². The van der Waals surface area contributed by atoms with Crippen molar-refractivity contribution in [2.75, 3.05) is 0 Å². The van der Waals surface area contributed by atoms with Crippen LogP contribution in [0, 0.1) is 4.77 Å². The molecular formula is C24H19N5OS2. The maximum absolute atomic E-state index is 12.7. The molecule has 0 amide bonds. The molecule has 6 nitrogen and oxygen atoms in total. The van der Waals surface area contributed by atoms with E-state index in [9.17, 15) is 4.79 Å². The summed E-state index contributed by atoms with van der Waals surface area (Å²) in [6, 6.07) is 8.20. The van der Waals surface area contributed by atoms with Crippen LogP contribution in [-0.2, 0) is 0 Å². The van der Waals surface area contributed by atoms with Crippen LogP contribution in [0.5, 0.6) is 0 Å². The zero-order valence-corrected chi connectivity index (χ0v) is 18.6. The third-order valence-corrected chi connectivity index (χ3v) is 7.59. The van der Waals surface area contributed by atoms with E-state index in [1.165, 1.54) is 22.3 Å². The van der Waals surface area contributed by atoms with E-state index >= 15 is 0 Å². The smallest absolute Gasteiger partial charge is 0.276 e. The predicted octanol–water partition coefficient (Wildman–Crippen LogP) is 5.57. The second kappa shape index (κ2) is 7.72. The van der Waals surface area contributed by atoms with Gasteiger partial charge in [-0.3, -0.25) is 19.7 Å². The summed E-state index contributed by atoms with van der Waals surface area (Å²) in [7, 11) is 0. The van der Waals surface area contributed by atoms with E-state index < -0.39 is 0 Å². The first kappa shape index (κ1) is 19.5. The Hall–Kier alpha value is -3.23. The quantitative estimate of drug-likeness (QED) is 0.342. The molecule has 3 N–H and O–H groups in total. The van der Waals surface area contributed by atoms with Crippen LogP contribution in [0.2, 0.25) is 0 Å². The lowest BCUT2D eigenvalue weighted by Gasteiger charge is -2.33.